The zero-order valence-electron chi connectivity index (χ0n) is 10.4. The van der Waals surface area contributed by atoms with E-state index in [1.807, 2.05) is 0 Å². The minimum absolute atomic E-state index is 0.145. The van der Waals surface area contributed by atoms with E-state index in [4.69, 9.17) is 0 Å². The van der Waals surface area contributed by atoms with E-state index in [2.05, 4.69) is 4.98 Å². The van der Waals surface area contributed by atoms with Crippen molar-refractivity contribution in [3.05, 3.63) is 60.4 Å². The lowest BCUT2D eigenvalue weighted by Gasteiger charge is -2.11. The van der Waals surface area contributed by atoms with Crippen LogP contribution in [0.25, 0.3) is 0 Å². The standard InChI is InChI=1S/C14H13NO3S/c1-11(14(16)13-9-5-6-10-15-13)19(17,18)12-7-3-2-4-8-12/h2-11H,1H3. The lowest BCUT2D eigenvalue weighted by Crippen LogP contribution is -2.28. The van der Waals surface area contributed by atoms with Crippen LogP contribution in [0, 0.1) is 0 Å². The Morgan fingerprint density at radius 3 is 2.26 bits per heavy atom. The van der Waals surface area contributed by atoms with Gasteiger partial charge in [0.15, 0.2) is 15.6 Å². The maximum atomic E-state index is 12.3. The van der Waals surface area contributed by atoms with E-state index in [-0.39, 0.29) is 10.6 Å². The molecule has 0 amide bonds. The second-order valence-corrected chi connectivity index (χ2v) is 6.35. The minimum atomic E-state index is -3.68. The van der Waals surface area contributed by atoms with Crippen molar-refractivity contribution in [2.24, 2.45) is 0 Å². The quantitative estimate of drug-likeness (QED) is 0.802. The number of carbonyl (C=O) groups is 1. The Morgan fingerprint density at radius 2 is 1.68 bits per heavy atom. The number of carbonyl (C=O) groups excluding carboxylic acids is 1. The molecule has 5 heteroatoms. The number of rotatable bonds is 4. The molecule has 1 unspecified atom stereocenters. The van der Waals surface area contributed by atoms with Gasteiger partial charge in [-0.15, -0.1) is 0 Å². The summed E-state index contributed by atoms with van der Waals surface area (Å²) < 4.78 is 24.6. The van der Waals surface area contributed by atoms with Crippen LogP contribution in [0.1, 0.15) is 17.4 Å². The zero-order valence-corrected chi connectivity index (χ0v) is 11.2. The summed E-state index contributed by atoms with van der Waals surface area (Å²) >= 11 is 0. The second kappa shape index (κ2) is 5.32. The minimum Gasteiger partial charge on any atom is -0.291 e. The van der Waals surface area contributed by atoms with E-state index in [0.717, 1.165) is 0 Å². The lowest BCUT2D eigenvalue weighted by molar-refractivity contribution is 0.0986. The molecule has 0 aliphatic heterocycles. The number of pyridine rings is 1. The molecule has 1 atom stereocenters. The predicted molar refractivity (Wildman–Crippen MR) is 71.7 cm³/mol. The van der Waals surface area contributed by atoms with Crippen LogP contribution in [0.3, 0.4) is 0 Å². The van der Waals surface area contributed by atoms with Gasteiger partial charge in [0, 0.05) is 6.20 Å². The molecule has 2 rings (SSSR count). The zero-order chi connectivity index (χ0) is 13.9. The summed E-state index contributed by atoms with van der Waals surface area (Å²) in [6.07, 6.45) is 1.47. The van der Waals surface area contributed by atoms with Gasteiger partial charge in [0.25, 0.3) is 0 Å². The number of ketones is 1. The topological polar surface area (TPSA) is 64.1 Å². The molecular weight excluding hydrogens is 262 g/mol. The number of benzene rings is 1. The van der Waals surface area contributed by atoms with Crippen LogP contribution in [-0.4, -0.2) is 24.4 Å². The van der Waals surface area contributed by atoms with Crippen LogP contribution < -0.4 is 0 Å². The molecule has 98 valence electrons. The highest BCUT2D eigenvalue weighted by atomic mass is 32.2. The molecule has 0 spiro atoms. The molecule has 0 radical (unpaired) electrons. The maximum absolute atomic E-state index is 12.3. The van der Waals surface area contributed by atoms with Gasteiger partial charge in [-0.1, -0.05) is 24.3 Å². The van der Waals surface area contributed by atoms with Crippen LogP contribution in [-0.2, 0) is 9.84 Å². The van der Waals surface area contributed by atoms with Crippen molar-refractivity contribution in [3.8, 4) is 0 Å². The van der Waals surface area contributed by atoms with Crippen LogP contribution in [0.4, 0.5) is 0 Å². The van der Waals surface area contributed by atoms with Gasteiger partial charge < -0.3 is 0 Å². The normalized spacial score (nSPS) is 12.9. The first-order chi connectivity index (χ1) is 9.03. The molecule has 0 fully saturated rings. The Labute approximate surface area is 112 Å². The summed E-state index contributed by atoms with van der Waals surface area (Å²) in [7, 11) is -3.68. The highest BCUT2D eigenvalue weighted by Crippen LogP contribution is 2.18. The van der Waals surface area contributed by atoms with Crippen LogP contribution >= 0.6 is 0 Å². The first-order valence-electron chi connectivity index (χ1n) is 5.77. The largest absolute Gasteiger partial charge is 0.291 e. The average molecular weight is 275 g/mol. The SMILES string of the molecule is CC(C(=O)c1ccccn1)S(=O)(=O)c1ccccc1. The molecule has 0 bridgehead atoms. The van der Waals surface area contributed by atoms with Crippen LogP contribution in [0.2, 0.25) is 0 Å². The summed E-state index contributed by atoms with van der Waals surface area (Å²) in [6, 6.07) is 12.8. The molecule has 1 aromatic heterocycles. The summed E-state index contributed by atoms with van der Waals surface area (Å²) in [5, 5.41) is -1.15. The van der Waals surface area contributed by atoms with Crippen LogP contribution in [0.15, 0.2) is 59.6 Å². The number of sulfone groups is 1. The van der Waals surface area contributed by atoms with Crippen molar-refractivity contribution >= 4 is 15.6 Å². The van der Waals surface area contributed by atoms with Gasteiger partial charge in [-0.05, 0) is 31.2 Å². The Hall–Kier alpha value is -2.01. The number of aromatic nitrogens is 1. The summed E-state index contributed by atoms with van der Waals surface area (Å²) in [4.78, 5) is 16.2. The van der Waals surface area contributed by atoms with E-state index in [9.17, 15) is 13.2 Å². The van der Waals surface area contributed by atoms with Gasteiger partial charge in [-0.25, -0.2) is 8.42 Å². The third kappa shape index (κ3) is 2.71. The smallest absolute Gasteiger partial charge is 0.199 e. The van der Waals surface area contributed by atoms with Gasteiger partial charge in [-0.3, -0.25) is 9.78 Å². The lowest BCUT2D eigenvalue weighted by atomic mass is 10.2. The van der Waals surface area contributed by atoms with Crippen molar-refractivity contribution in [2.75, 3.05) is 0 Å². The van der Waals surface area contributed by atoms with E-state index in [0.29, 0.717) is 0 Å². The van der Waals surface area contributed by atoms with Gasteiger partial charge in [0.05, 0.1) is 4.90 Å². The fraction of sp³-hybridized carbons (Fsp3) is 0.143. The van der Waals surface area contributed by atoms with Crippen molar-refractivity contribution in [1.82, 2.24) is 4.98 Å². The Balaban J connectivity index is 2.35. The molecule has 2 aromatic rings. The van der Waals surface area contributed by atoms with E-state index >= 15 is 0 Å². The summed E-state index contributed by atoms with van der Waals surface area (Å²) in [5.74, 6) is -0.496. The molecular formula is C14H13NO3S. The fourth-order valence-corrected chi connectivity index (χ4v) is 3.02. The highest BCUT2D eigenvalue weighted by Gasteiger charge is 2.30. The first-order valence-corrected chi connectivity index (χ1v) is 7.32. The summed E-state index contributed by atoms with van der Waals surface area (Å²) in [6.45, 7) is 1.39. The third-order valence-corrected chi connectivity index (χ3v) is 4.90. The Bertz CT molecular complexity index is 666. The van der Waals surface area contributed by atoms with E-state index < -0.39 is 20.9 Å². The highest BCUT2D eigenvalue weighted by molar-refractivity contribution is 7.92. The van der Waals surface area contributed by atoms with E-state index in [1.54, 1.807) is 30.3 Å². The second-order valence-electron chi connectivity index (χ2n) is 4.08. The van der Waals surface area contributed by atoms with Gasteiger partial charge in [0.1, 0.15) is 10.9 Å². The number of Topliss-reactive ketones (excluding diaryl/α,β-unsaturated/α-hetero) is 1. The molecule has 4 nitrogen and oxygen atoms in total. The fourth-order valence-electron chi connectivity index (χ4n) is 1.67. The van der Waals surface area contributed by atoms with Gasteiger partial charge >= 0.3 is 0 Å². The first kappa shape index (κ1) is 13.4. The predicted octanol–water partition coefficient (Wildman–Crippen LogP) is 2.13. The molecule has 1 aromatic carbocycles. The molecule has 0 aliphatic carbocycles. The number of nitrogens with zero attached hydrogens (tertiary/aromatic N) is 1. The van der Waals surface area contributed by atoms with Crippen LogP contribution in [0.5, 0.6) is 0 Å². The Kier molecular flexibility index (Phi) is 3.76. The van der Waals surface area contributed by atoms with Gasteiger partial charge in [0.2, 0.25) is 0 Å². The molecule has 0 N–H and O–H groups in total. The monoisotopic (exact) mass is 275 g/mol. The molecule has 19 heavy (non-hydrogen) atoms. The van der Waals surface area contributed by atoms with Crippen molar-refractivity contribution in [1.29, 1.82) is 0 Å². The van der Waals surface area contributed by atoms with Crippen molar-refractivity contribution in [3.63, 3.8) is 0 Å². The number of hydrogen-bond donors (Lipinski definition) is 0. The molecule has 0 saturated carbocycles. The maximum Gasteiger partial charge on any atom is 0.199 e. The summed E-state index contributed by atoms with van der Waals surface area (Å²) in [5.41, 5.74) is 0.162. The molecule has 0 aliphatic rings. The average Bonchev–Trinajstić information content (AvgIpc) is 2.47. The van der Waals surface area contributed by atoms with E-state index in [1.165, 1.54) is 31.3 Å². The third-order valence-electron chi connectivity index (χ3n) is 2.82. The molecule has 1 heterocycles. The Morgan fingerprint density at radius 1 is 1.05 bits per heavy atom. The van der Waals surface area contributed by atoms with Crippen molar-refractivity contribution in [2.45, 2.75) is 17.1 Å². The molecule has 0 saturated heterocycles. The van der Waals surface area contributed by atoms with Gasteiger partial charge in [-0.2, -0.15) is 0 Å². The number of hydrogen-bond acceptors (Lipinski definition) is 4. The van der Waals surface area contributed by atoms with Crippen molar-refractivity contribution < 1.29 is 13.2 Å².